The van der Waals surface area contributed by atoms with Gasteiger partial charge in [0.25, 0.3) is 0 Å². The molecule has 78 valence electrons. The molecule has 2 aromatic rings. The van der Waals surface area contributed by atoms with E-state index in [-0.39, 0.29) is 11.6 Å². The van der Waals surface area contributed by atoms with Crippen molar-refractivity contribution in [3.8, 4) is 11.6 Å². The molecule has 1 heterocycles. The van der Waals surface area contributed by atoms with E-state index < -0.39 is 0 Å². The van der Waals surface area contributed by atoms with Gasteiger partial charge in [-0.25, -0.2) is 9.36 Å². The molecule has 0 aliphatic heterocycles. The molecule has 0 fully saturated rings. The lowest BCUT2D eigenvalue weighted by Gasteiger charge is -2.02. The molecule has 0 aliphatic carbocycles. The third kappa shape index (κ3) is 1.64. The molecule has 0 radical (unpaired) electrons. The first-order chi connectivity index (χ1) is 7.09. The highest BCUT2D eigenvalue weighted by atomic mass is 35.5. The van der Waals surface area contributed by atoms with Crippen molar-refractivity contribution in [1.29, 1.82) is 0 Å². The summed E-state index contributed by atoms with van der Waals surface area (Å²) in [7, 11) is 1.57. The number of hydrogen-bond donors (Lipinski definition) is 1. The summed E-state index contributed by atoms with van der Waals surface area (Å²) < 4.78 is 2.49. The van der Waals surface area contributed by atoms with E-state index in [1.54, 1.807) is 31.3 Å². The Hall–Kier alpha value is -1.68. The number of rotatable bonds is 1. The van der Waals surface area contributed by atoms with Gasteiger partial charge in [0.2, 0.25) is 5.88 Å². The lowest BCUT2D eigenvalue weighted by atomic mass is 10.3. The average Bonchev–Trinajstić information content (AvgIpc) is 2.41. The van der Waals surface area contributed by atoms with Crippen molar-refractivity contribution in [3.05, 3.63) is 46.0 Å². The lowest BCUT2D eigenvalue weighted by Crippen LogP contribution is -2.20. The predicted octanol–water partition coefficient (Wildman–Crippen LogP) is 1.53. The Morgan fingerprint density at radius 2 is 2.13 bits per heavy atom. The van der Waals surface area contributed by atoms with Crippen LogP contribution in [0.25, 0.3) is 5.69 Å². The molecule has 0 bridgehead atoms. The van der Waals surface area contributed by atoms with E-state index in [4.69, 9.17) is 11.6 Å². The van der Waals surface area contributed by atoms with Crippen LogP contribution < -0.4 is 5.69 Å². The van der Waals surface area contributed by atoms with Crippen LogP contribution in [0.1, 0.15) is 0 Å². The van der Waals surface area contributed by atoms with Crippen molar-refractivity contribution in [3.63, 3.8) is 0 Å². The van der Waals surface area contributed by atoms with E-state index in [0.29, 0.717) is 10.7 Å². The Balaban J connectivity index is 2.69. The Bertz CT molecular complexity index is 557. The molecule has 1 N–H and O–H groups in total. The van der Waals surface area contributed by atoms with Crippen molar-refractivity contribution >= 4 is 11.6 Å². The molecule has 0 aliphatic rings. The van der Waals surface area contributed by atoms with Gasteiger partial charge in [0.05, 0.1) is 11.9 Å². The van der Waals surface area contributed by atoms with E-state index in [2.05, 4.69) is 0 Å². The summed E-state index contributed by atoms with van der Waals surface area (Å²) in [6.45, 7) is 0. The predicted molar refractivity (Wildman–Crippen MR) is 57.7 cm³/mol. The second kappa shape index (κ2) is 3.47. The molecule has 0 amide bonds. The summed E-state index contributed by atoms with van der Waals surface area (Å²) in [5.74, 6) is -0.107. The highest BCUT2D eigenvalue weighted by molar-refractivity contribution is 6.30. The fraction of sp³-hybridized carbons (Fsp3) is 0.100. The Labute approximate surface area is 91.0 Å². The standard InChI is InChI=1S/C10H9ClN2O2/c1-12-6-9(14)13(10(12)15)8-4-2-3-7(11)5-8/h2-6,14H,1H3. The van der Waals surface area contributed by atoms with Crippen LogP contribution in [-0.4, -0.2) is 14.2 Å². The topological polar surface area (TPSA) is 47.2 Å². The summed E-state index contributed by atoms with van der Waals surface area (Å²) in [4.78, 5) is 11.6. The Kier molecular flexibility index (Phi) is 2.28. The van der Waals surface area contributed by atoms with Crippen LogP contribution in [0.15, 0.2) is 35.3 Å². The molecular weight excluding hydrogens is 216 g/mol. The molecule has 15 heavy (non-hydrogen) atoms. The normalized spacial score (nSPS) is 10.5. The Morgan fingerprint density at radius 1 is 1.40 bits per heavy atom. The number of aryl methyl sites for hydroxylation is 1. The van der Waals surface area contributed by atoms with Crippen LogP contribution in [-0.2, 0) is 7.05 Å². The van der Waals surface area contributed by atoms with Crippen molar-refractivity contribution in [2.45, 2.75) is 0 Å². The van der Waals surface area contributed by atoms with Gasteiger partial charge in [-0.2, -0.15) is 0 Å². The smallest absolute Gasteiger partial charge is 0.335 e. The maximum atomic E-state index is 11.6. The quantitative estimate of drug-likeness (QED) is 0.799. The molecule has 0 unspecified atom stereocenters. The van der Waals surface area contributed by atoms with E-state index in [1.165, 1.54) is 15.3 Å². The zero-order valence-electron chi connectivity index (χ0n) is 8.01. The summed E-state index contributed by atoms with van der Waals surface area (Å²) in [6.07, 6.45) is 1.35. The van der Waals surface area contributed by atoms with Gasteiger partial charge in [-0.05, 0) is 18.2 Å². The van der Waals surface area contributed by atoms with Crippen LogP contribution in [0.5, 0.6) is 5.88 Å². The zero-order chi connectivity index (χ0) is 11.0. The highest BCUT2D eigenvalue weighted by Crippen LogP contribution is 2.17. The average molecular weight is 225 g/mol. The minimum atomic E-state index is -0.310. The van der Waals surface area contributed by atoms with Crippen molar-refractivity contribution in [1.82, 2.24) is 9.13 Å². The molecule has 0 saturated heterocycles. The number of hydrogen-bond acceptors (Lipinski definition) is 2. The third-order valence-corrected chi connectivity index (χ3v) is 2.33. The number of aromatic hydroxyl groups is 1. The SMILES string of the molecule is Cn1cc(O)n(-c2cccc(Cl)c2)c1=O. The van der Waals surface area contributed by atoms with Crippen molar-refractivity contribution < 1.29 is 5.11 Å². The van der Waals surface area contributed by atoms with Crippen molar-refractivity contribution in [2.24, 2.45) is 7.05 Å². The second-order valence-electron chi connectivity index (χ2n) is 3.20. The molecule has 1 aromatic heterocycles. The minimum Gasteiger partial charge on any atom is -0.493 e. The summed E-state index contributed by atoms with van der Waals surface area (Å²) in [5, 5.41) is 10.1. The number of nitrogens with zero attached hydrogens (tertiary/aromatic N) is 2. The first-order valence-electron chi connectivity index (χ1n) is 4.33. The van der Waals surface area contributed by atoms with E-state index in [1.807, 2.05) is 0 Å². The maximum absolute atomic E-state index is 11.6. The minimum absolute atomic E-state index is 0.107. The lowest BCUT2D eigenvalue weighted by molar-refractivity contribution is 0.441. The van der Waals surface area contributed by atoms with Crippen LogP contribution in [0.2, 0.25) is 5.02 Å². The van der Waals surface area contributed by atoms with E-state index in [9.17, 15) is 9.90 Å². The van der Waals surface area contributed by atoms with Crippen molar-refractivity contribution in [2.75, 3.05) is 0 Å². The summed E-state index contributed by atoms with van der Waals surface area (Å²) in [6, 6.07) is 6.74. The van der Waals surface area contributed by atoms with Crippen LogP contribution >= 0.6 is 11.6 Å². The first-order valence-corrected chi connectivity index (χ1v) is 4.70. The van der Waals surface area contributed by atoms with Gasteiger partial charge in [0.15, 0.2) is 0 Å². The number of halogens is 1. The Morgan fingerprint density at radius 3 is 2.67 bits per heavy atom. The molecular formula is C10H9ClN2O2. The monoisotopic (exact) mass is 224 g/mol. The zero-order valence-corrected chi connectivity index (χ0v) is 8.77. The fourth-order valence-corrected chi connectivity index (χ4v) is 1.58. The van der Waals surface area contributed by atoms with Crippen LogP contribution in [0.3, 0.4) is 0 Å². The van der Waals surface area contributed by atoms with Gasteiger partial charge in [0.1, 0.15) is 0 Å². The van der Waals surface area contributed by atoms with Gasteiger partial charge in [0, 0.05) is 12.1 Å². The molecule has 0 atom stereocenters. The maximum Gasteiger partial charge on any atom is 0.335 e. The summed E-state index contributed by atoms with van der Waals surface area (Å²) in [5.41, 5.74) is 0.236. The molecule has 2 rings (SSSR count). The summed E-state index contributed by atoms with van der Waals surface area (Å²) >= 11 is 5.80. The van der Waals surface area contributed by atoms with Gasteiger partial charge in [-0.1, -0.05) is 17.7 Å². The van der Waals surface area contributed by atoms with Gasteiger partial charge in [-0.15, -0.1) is 0 Å². The first kappa shape index (κ1) is 9.86. The number of aromatic nitrogens is 2. The molecule has 0 spiro atoms. The van der Waals surface area contributed by atoms with E-state index >= 15 is 0 Å². The highest BCUT2D eigenvalue weighted by Gasteiger charge is 2.09. The van der Waals surface area contributed by atoms with Crippen LogP contribution in [0.4, 0.5) is 0 Å². The van der Waals surface area contributed by atoms with Crippen LogP contribution in [0, 0.1) is 0 Å². The van der Waals surface area contributed by atoms with E-state index in [0.717, 1.165) is 0 Å². The fourth-order valence-electron chi connectivity index (χ4n) is 1.40. The van der Waals surface area contributed by atoms with Gasteiger partial charge in [-0.3, -0.25) is 4.57 Å². The number of imidazole rings is 1. The molecule has 4 nitrogen and oxygen atoms in total. The molecule has 1 aromatic carbocycles. The number of benzene rings is 1. The molecule has 0 saturated carbocycles. The van der Waals surface area contributed by atoms with Gasteiger partial charge < -0.3 is 5.11 Å². The third-order valence-electron chi connectivity index (χ3n) is 2.10. The largest absolute Gasteiger partial charge is 0.493 e. The molecule has 5 heteroatoms. The second-order valence-corrected chi connectivity index (χ2v) is 3.63. The van der Waals surface area contributed by atoms with Gasteiger partial charge >= 0.3 is 5.69 Å².